The van der Waals surface area contributed by atoms with Crippen molar-refractivity contribution in [2.24, 2.45) is 0 Å². The molecule has 0 spiro atoms. The van der Waals surface area contributed by atoms with Gasteiger partial charge in [-0.3, -0.25) is 4.79 Å². The van der Waals surface area contributed by atoms with E-state index in [9.17, 15) is 4.79 Å². The van der Waals surface area contributed by atoms with Gasteiger partial charge in [-0.05, 0) is 50.1 Å². The van der Waals surface area contributed by atoms with Crippen molar-refractivity contribution < 1.29 is 4.79 Å². The molecule has 0 radical (unpaired) electrons. The number of rotatable bonds is 4. The van der Waals surface area contributed by atoms with Crippen LogP contribution in [0.5, 0.6) is 0 Å². The van der Waals surface area contributed by atoms with Crippen LogP contribution in [0.15, 0.2) is 36.4 Å². The zero-order chi connectivity index (χ0) is 15.4. The Morgan fingerprint density at radius 3 is 2.24 bits per heavy atom. The van der Waals surface area contributed by atoms with Gasteiger partial charge in [-0.15, -0.1) is 0 Å². The van der Waals surface area contributed by atoms with Crippen LogP contribution in [-0.2, 0) is 11.3 Å². The monoisotopic (exact) mass is 282 g/mol. The summed E-state index contributed by atoms with van der Waals surface area (Å²) in [5, 5.41) is 6.25. The van der Waals surface area contributed by atoms with Crippen molar-refractivity contribution in [3.05, 3.63) is 58.7 Å². The van der Waals surface area contributed by atoms with Crippen LogP contribution >= 0.6 is 0 Å². The van der Waals surface area contributed by atoms with Gasteiger partial charge in [0.25, 0.3) is 0 Å². The van der Waals surface area contributed by atoms with Gasteiger partial charge in [0.1, 0.15) is 0 Å². The number of benzene rings is 2. The Morgan fingerprint density at radius 2 is 1.67 bits per heavy atom. The molecule has 0 aromatic heterocycles. The molecule has 21 heavy (non-hydrogen) atoms. The summed E-state index contributed by atoms with van der Waals surface area (Å²) in [6.45, 7) is 8.53. The van der Waals surface area contributed by atoms with Crippen molar-refractivity contribution in [3.63, 3.8) is 0 Å². The van der Waals surface area contributed by atoms with E-state index in [1.165, 1.54) is 23.6 Å². The van der Waals surface area contributed by atoms with Crippen molar-refractivity contribution in [2.45, 2.75) is 34.2 Å². The van der Waals surface area contributed by atoms with Crippen LogP contribution < -0.4 is 10.6 Å². The molecule has 2 N–H and O–H groups in total. The summed E-state index contributed by atoms with van der Waals surface area (Å²) in [5.41, 5.74) is 6.81. The van der Waals surface area contributed by atoms with Crippen LogP contribution in [0.4, 0.5) is 11.4 Å². The average Bonchev–Trinajstić information content (AvgIpc) is 2.38. The first-order valence-corrected chi connectivity index (χ1v) is 7.13. The maximum absolute atomic E-state index is 11.1. The second kappa shape index (κ2) is 6.44. The smallest absolute Gasteiger partial charge is 0.221 e. The minimum absolute atomic E-state index is 0.0472. The lowest BCUT2D eigenvalue weighted by Crippen LogP contribution is -2.07. The quantitative estimate of drug-likeness (QED) is 0.883. The minimum Gasteiger partial charge on any atom is -0.381 e. The molecular weight excluding hydrogens is 260 g/mol. The van der Waals surface area contributed by atoms with Crippen molar-refractivity contribution in [1.29, 1.82) is 0 Å². The molecule has 0 atom stereocenters. The number of aryl methyl sites for hydroxylation is 3. The number of carbonyl (C=O) groups is 1. The lowest BCUT2D eigenvalue weighted by Gasteiger charge is -2.12. The number of nitrogens with one attached hydrogen (secondary N) is 2. The maximum atomic E-state index is 11.1. The first-order chi connectivity index (χ1) is 9.94. The molecule has 0 unspecified atom stereocenters. The first kappa shape index (κ1) is 15.1. The molecule has 2 aromatic carbocycles. The third-order valence-electron chi connectivity index (χ3n) is 3.32. The Morgan fingerprint density at radius 1 is 1.00 bits per heavy atom. The average molecular weight is 282 g/mol. The van der Waals surface area contributed by atoms with E-state index >= 15 is 0 Å². The Labute approximate surface area is 126 Å². The van der Waals surface area contributed by atoms with E-state index in [2.05, 4.69) is 42.7 Å². The lowest BCUT2D eigenvalue weighted by atomic mass is 10.1. The minimum atomic E-state index is -0.0472. The highest BCUT2D eigenvalue weighted by Crippen LogP contribution is 2.20. The lowest BCUT2D eigenvalue weighted by molar-refractivity contribution is -0.114. The standard InChI is InChI=1S/C18H22N2O/c1-12-7-13(2)9-16(8-12)11-19-17-5-6-18(14(3)10-17)20-15(4)21/h5-10,19H,11H2,1-4H3,(H,20,21). The summed E-state index contributed by atoms with van der Waals surface area (Å²) in [7, 11) is 0. The van der Waals surface area contributed by atoms with Crippen LogP contribution in [-0.4, -0.2) is 5.91 Å². The molecule has 0 heterocycles. The molecular formula is C18H22N2O. The van der Waals surface area contributed by atoms with Gasteiger partial charge in [-0.2, -0.15) is 0 Å². The van der Waals surface area contributed by atoms with Crippen LogP contribution in [0.1, 0.15) is 29.2 Å². The molecule has 0 saturated carbocycles. The molecule has 3 heteroatoms. The normalized spacial score (nSPS) is 10.3. The highest BCUT2D eigenvalue weighted by Gasteiger charge is 2.02. The van der Waals surface area contributed by atoms with Gasteiger partial charge in [0, 0.05) is 24.8 Å². The molecule has 0 saturated heterocycles. The molecule has 2 aromatic rings. The molecule has 0 bridgehead atoms. The molecule has 0 aliphatic carbocycles. The summed E-state index contributed by atoms with van der Waals surface area (Å²) in [5.74, 6) is -0.0472. The predicted molar refractivity (Wildman–Crippen MR) is 88.7 cm³/mol. The van der Waals surface area contributed by atoms with Gasteiger partial charge in [0.2, 0.25) is 5.91 Å². The topological polar surface area (TPSA) is 41.1 Å². The van der Waals surface area contributed by atoms with E-state index in [4.69, 9.17) is 0 Å². The SMILES string of the molecule is CC(=O)Nc1ccc(NCc2cc(C)cc(C)c2)cc1C. The highest BCUT2D eigenvalue weighted by atomic mass is 16.1. The molecule has 1 amide bonds. The van der Waals surface area contributed by atoms with Crippen LogP contribution in [0, 0.1) is 20.8 Å². The van der Waals surface area contributed by atoms with Crippen LogP contribution in [0.2, 0.25) is 0 Å². The van der Waals surface area contributed by atoms with Crippen molar-refractivity contribution in [2.75, 3.05) is 10.6 Å². The molecule has 3 nitrogen and oxygen atoms in total. The highest BCUT2D eigenvalue weighted by molar-refractivity contribution is 5.89. The van der Waals surface area contributed by atoms with Gasteiger partial charge in [-0.1, -0.05) is 29.3 Å². The fraction of sp³-hybridized carbons (Fsp3) is 0.278. The molecule has 0 aliphatic heterocycles. The van der Waals surface area contributed by atoms with Crippen molar-refractivity contribution in [1.82, 2.24) is 0 Å². The van der Waals surface area contributed by atoms with E-state index in [1.54, 1.807) is 0 Å². The number of anilines is 2. The van der Waals surface area contributed by atoms with Crippen LogP contribution in [0.3, 0.4) is 0 Å². The Balaban J connectivity index is 2.06. The largest absolute Gasteiger partial charge is 0.381 e. The van der Waals surface area contributed by atoms with Gasteiger partial charge >= 0.3 is 0 Å². The van der Waals surface area contributed by atoms with Crippen molar-refractivity contribution >= 4 is 17.3 Å². The van der Waals surface area contributed by atoms with Crippen LogP contribution in [0.25, 0.3) is 0 Å². The molecule has 0 aliphatic rings. The Bertz CT molecular complexity index is 642. The fourth-order valence-electron chi connectivity index (χ4n) is 2.48. The summed E-state index contributed by atoms with van der Waals surface area (Å²) < 4.78 is 0. The van der Waals surface area contributed by atoms with Crippen molar-refractivity contribution in [3.8, 4) is 0 Å². The van der Waals surface area contributed by atoms with E-state index < -0.39 is 0 Å². The van der Waals surface area contributed by atoms with E-state index in [0.29, 0.717) is 0 Å². The first-order valence-electron chi connectivity index (χ1n) is 7.13. The third-order valence-corrected chi connectivity index (χ3v) is 3.32. The van der Waals surface area contributed by atoms with E-state index in [0.717, 1.165) is 23.5 Å². The third kappa shape index (κ3) is 4.35. The number of hydrogen-bond acceptors (Lipinski definition) is 2. The predicted octanol–water partition coefficient (Wildman–Crippen LogP) is 4.18. The zero-order valence-electron chi connectivity index (χ0n) is 13.1. The molecule has 2 rings (SSSR count). The summed E-state index contributed by atoms with van der Waals surface area (Å²) in [4.78, 5) is 11.1. The van der Waals surface area contributed by atoms with E-state index in [1.807, 2.05) is 25.1 Å². The van der Waals surface area contributed by atoms with Gasteiger partial charge < -0.3 is 10.6 Å². The molecule has 110 valence electrons. The second-order valence-electron chi connectivity index (χ2n) is 5.56. The summed E-state index contributed by atoms with van der Waals surface area (Å²) in [6, 6.07) is 12.5. The number of carbonyl (C=O) groups excluding carboxylic acids is 1. The van der Waals surface area contributed by atoms with Gasteiger partial charge in [-0.25, -0.2) is 0 Å². The molecule has 0 fully saturated rings. The van der Waals surface area contributed by atoms with E-state index in [-0.39, 0.29) is 5.91 Å². The second-order valence-corrected chi connectivity index (χ2v) is 5.56. The number of hydrogen-bond donors (Lipinski definition) is 2. The number of amides is 1. The van der Waals surface area contributed by atoms with Gasteiger partial charge in [0.15, 0.2) is 0 Å². The zero-order valence-corrected chi connectivity index (χ0v) is 13.1. The Hall–Kier alpha value is -2.29. The fourth-order valence-corrected chi connectivity index (χ4v) is 2.48. The summed E-state index contributed by atoms with van der Waals surface area (Å²) in [6.07, 6.45) is 0. The summed E-state index contributed by atoms with van der Waals surface area (Å²) >= 11 is 0. The van der Waals surface area contributed by atoms with Gasteiger partial charge in [0.05, 0.1) is 0 Å². The maximum Gasteiger partial charge on any atom is 0.221 e. The Kier molecular flexibility index (Phi) is 4.63.